The van der Waals surface area contributed by atoms with E-state index in [0.29, 0.717) is 0 Å². The van der Waals surface area contributed by atoms with Crippen LogP contribution in [0.2, 0.25) is 0 Å². The lowest BCUT2D eigenvalue weighted by Crippen LogP contribution is -2.55. The summed E-state index contributed by atoms with van der Waals surface area (Å²) < 4.78 is 6.23. The van der Waals surface area contributed by atoms with Crippen molar-refractivity contribution in [3.05, 3.63) is 175 Å². The first-order valence-electron chi connectivity index (χ1n) is 19.9. The van der Waals surface area contributed by atoms with Gasteiger partial charge in [-0.3, -0.25) is 0 Å². The van der Waals surface area contributed by atoms with Crippen LogP contribution in [0.25, 0.3) is 55.3 Å². The third-order valence-electron chi connectivity index (χ3n) is 13.9. The zero-order valence-electron chi connectivity index (χ0n) is 30.3. The Morgan fingerprint density at radius 3 is 1.70 bits per heavy atom. The van der Waals surface area contributed by atoms with E-state index in [0.717, 1.165) is 62.7 Å². The van der Waals surface area contributed by atoms with Crippen molar-refractivity contribution in [1.29, 1.82) is 0 Å². The van der Waals surface area contributed by atoms with Crippen molar-refractivity contribution in [2.75, 3.05) is 4.90 Å². The number of nitrogens with zero attached hydrogens (tertiary/aromatic N) is 1. The number of fused-ring (bicyclic) bond motifs is 6. The number of anilines is 3. The quantitative estimate of drug-likeness (QED) is 0.178. The van der Waals surface area contributed by atoms with Gasteiger partial charge in [-0.15, -0.1) is 0 Å². The Labute approximate surface area is 316 Å². The minimum atomic E-state index is 0.208. The second-order valence-corrected chi connectivity index (χ2v) is 16.6. The summed E-state index contributed by atoms with van der Waals surface area (Å²) in [6.45, 7) is 0. The average Bonchev–Trinajstić information content (AvgIpc) is 3.74. The smallest absolute Gasteiger partial charge is 0.135 e. The Morgan fingerprint density at radius 1 is 0.407 bits per heavy atom. The van der Waals surface area contributed by atoms with E-state index in [1.54, 1.807) is 11.1 Å². The molecule has 0 unspecified atom stereocenters. The van der Waals surface area contributed by atoms with Crippen LogP contribution in [0.4, 0.5) is 17.1 Å². The monoisotopic (exact) mass is 695 g/mol. The van der Waals surface area contributed by atoms with Crippen LogP contribution in [0, 0.1) is 23.7 Å². The van der Waals surface area contributed by atoms with Crippen LogP contribution >= 0.6 is 0 Å². The summed E-state index contributed by atoms with van der Waals surface area (Å²) in [5, 5.41) is 2.26. The summed E-state index contributed by atoms with van der Waals surface area (Å²) in [7, 11) is 0. The first-order chi connectivity index (χ1) is 26.7. The van der Waals surface area contributed by atoms with Crippen molar-refractivity contribution in [3.8, 4) is 33.4 Å². The summed E-state index contributed by atoms with van der Waals surface area (Å²) in [6.07, 6.45) is 7.15. The third-order valence-corrected chi connectivity index (χ3v) is 13.9. The summed E-state index contributed by atoms with van der Waals surface area (Å²) in [5.74, 6) is 3.48. The predicted octanol–water partition coefficient (Wildman–Crippen LogP) is 14.1. The summed E-state index contributed by atoms with van der Waals surface area (Å²) in [6, 6.07) is 60.6. The van der Waals surface area contributed by atoms with Crippen LogP contribution < -0.4 is 4.90 Å². The highest BCUT2D eigenvalue weighted by Crippen LogP contribution is 2.69. The normalized spacial score (nSPS) is 23.3. The molecule has 0 amide bonds. The van der Waals surface area contributed by atoms with Gasteiger partial charge in [0.25, 0.3) is 0 Å². The van der Waals surface area contributed by atoms with E-state index in [4.69, 9.17) is 4.42 Å². The van der Waals surface area contributed by atoms with Gasteiger partial charge in [-0.05, 0) is 155 Å². The Balaban J connectivity index is 0.946. The average molecular weight is 696 g/mol. The van der Waals surface area contributed by atoms with Gasteiger partial charge in [-0.1, -0.05) is 109 Å². The molecule has 13 rings (SSSR count). The van der Waals surface area contributed by atoms with Crippen molar-refractivity contribution in [2.24, 2.45) is 23.7 Å². The van der Waals surface area contributed by atoms with Crippen LogP contribution in [0.5, 0.6) is 0 Å². The molecule has 0 atom stereocenters. The number of para-hydroxylation sites is 1. The van der Waals surface area contributed by atoms with Crippen molar-refractivity contribution in [1.82, 2.24) is 0 Å². The maximum absolute atomic E-state index is 6.23. The largest absolute Gasteiger partial charge is 0.456 e. The highest BCUT2D eigenvalue weighted by molar-refractivity contribution is 6.06. The van der Waals surface area contributed by atoms with Crippen molar-refractivity contribution in [3.63, 3.8) is 0 Å². The molecule has 1 heterocycles. The minimum Gasteiger partial charge on any atom is -0.456 e. The van der Waals surface area contributed by atoms with Crippen LogP contribution in [-0.2, 0) is 5.41 Å². The predicted molar refractivity (Wildman–Crippen MR) is 223 cm³/mol. The van der Waals surface area contributed by atoms with Crippen molar-refractivity contribution in [2.45, 2.75) is 37.5 Å². The molecule has 1 aromatic heterocycles. The van der Waals surface area contributed by atoms with Gasteiger partial charge in [0.05, 0.1) is 0 Å². The molecule has 0 saturated heterocycles. The molecule has 5 aliphatic rings. The molecule has 260 valence electrons. The first-order valence-corrected chi connectivity index (χ1v) is 19.9. The van der Waals surface area contributed by atoms with Gasteiger partial charge < -0.3 is 9.32 Å². The number of hydrogen-bond acceptors (Lipinski definition) is 2. The van der Waals surface area contributed by atoms with Crippen molar-refractivity contribution >= 4 is 39.0 Å². The number of benzene rings is 7. The molecule has 4 fully saturated rings. The molecule has 2 heteroatoms. The molecule has 0 radical (unpaired) electrons. The van der Waals surface area contributed by atoms with Gasteiger partial charge in [0.15, 0.2) is 0 Å². The fraction of sp³-hybridized carbons (Fsp3) is 0.192. The Hall–Kier alpha value is -5.86. The SMILES string of the molecule is c1ccc(-c2ccc(N(c3ccc(-c4ccc5c(c4)-c4ccccc4C54C5CC6CC(C5)CC4C6)cc3)c3ccc4oc5ccccc5c4c3)cc2)cc1. The van der Waals surface area contributed by atoms with E-state index in [-0.39, 0.29) is 5.41 Å². The molecule has 1 spiro atoms. The van der Waals surface area contributed by atoms with Crippen LogP contribution in [0.1, 0.15) is 43.2 Å². The standard InChI is InChI=1S/C52H41NO/c1-2-8-35(9-3-1)36-14-19-41(20-15-36)53(43-23-25-51-47(32-43)45-11-5-7-13-50(45)54-51)42-21-16-37(17-22-42)38-18-24-49-46(31-38)44-10-4-6-12-48(44)52(49)39-27-33-26-34(29-39)30-40(52)28-33/h1-25,31-34,39-40H,26-30H2. The van der Waals surface area contributed by atoms with E-state index in [9.17, 15) is 0 Å². The van der Waals surface area contributed by atoms with Crippen LogP contribution in [0.3, 0.4) is 0 Å². The molecule has 8 aromatic rings. The molecular formula is C52H41NO. The highest BCUT2D eigenvalue weighted by atomic mass is 16.3. The van der Waals surface area contributed by atoms with Gasteiger partial charge in [-0.25, -0.2) is 0 Å². The minimum absolute atomic E-state index is 0.208. The van der Waals surface area contributed by atoms with Crippen LogP contribution in [-0.4, -0.2) is 0 Å². The maximum atomic E-state index is 6.23. The summed E-state index contributed by atoms with van der Waals surface area (Å²) in [4.78, 5) is 2.37. The molecule has 5 aliphatic carbocycles. The van der Waals surface area contributed by atoms with E-state index in [1.165, 1.54) is 65.5 Å². The Bertz CT molecular complexity index is 2690. The second-order valence-electron chi connectivity index (χ2n) is 16.6. The van der Waals surface area contributed by atoms with E-state index in [2.05, 4.69) is 157 Å². The van der Waals surface area contributed by atoms with Gasteiger partial charge in [0, 0.05) is 33.2 Å². The van der Waals surface area contributed by atoms with Gasteiger partial charge in [-0.2, -0.15) is 0 Å². The number of rotatable bonds is 5. The Kier molecular flexibility index (Phi) is 6.55. The van der Waals surface area contributed by atoms with Gasteiger partial charge >= 0.3 is 0 Å². The molecule has 54 heavy (non-hydrogen) atoms. The maximum Gasteiger partial charge on any atom is 0.135 e. The molecule has 0 aliphatic heterocycles. The molecule has 4 bridgehead atoms. The second kappa shape index (κ2) is 11.6. The molecular weight excluding hydrogens is 655 g/mol. The lowest BCUT2D eigenvalue weighted by atomic mass is 9.43. The number of hydrogen-bond donors (Lipinski definition) is 0. The number of furan rings is 1. The molecule has 4 saturated carbocycles. The Morgan fingerprint density at radius 2 is 0.963 bits per heavy atom. The van der Waals surface area contributed by atoms with E-state index < -0.39 is 0 Å². The summed E-state index contributed by atoms with van der Waals surface area (Å²) >= 11 is 0. The summed E-state index contributed by atoms with van der Waals surface area (Å²) in [5.41, 5.74) is 16.5. The lowest BCUT2D eigenvalue weighted by Gasteiger charge is -2.61. The first kappa shape index (κ1) is 30.6. The molecule has 0 N–H and O–H groups in total. The topological polar surface area (TPSA) is 16.4 Å². The van der Waals surface area contributed by atoms with Crippen LogP contribution in [0.15, 0.2) is 168 Å². The van der Waals surface area contributed by atoms with E-state index >= 15 is 0 Å². The van der Waals surface area contributed by atoms with E-state index in [1.807, 2.05) is 12.1 Å². The third kappa shape index (κ3) is 4.40. The molecule has 2 nitrogen and oxygen atoms in total. The van der Waals surface area contributed by atoms with Crippen molar-refractivity contribution < 1.29 is 4.42 Å². The fourth-order valence-electron chi connectivity index (χ4n) is 11.9. The van der Waals surface area contributed by atoms with Gasteiger partial charge in [0.2, 0.25) is 0 Å². The van der Waals surface area contributed by atoms with Gasteiger partial charge in [0.1, 0.15) is 11.2 Å². The molecule has 7 aromatic carbocycles. The lowest BCUT2D eigenvalue weighted by molar-refractivity contribution is -0.0399. The zero-order valence-corrected chi connectivity index (χ0v) is 30.3. The highest BCUT2D eigenvalue weighted by Gasteiger charge is 2.61. The fourth-order valence-corrected chi connectivity index (χ4v) is 11.9. The zero-order chi connectivity index (χ0) is 35.4.